The van der Waals surface area contributed by atoms with Gasteiger partial charge in [-0.15, -0.1) is 0 Å². The van der Waals surface area contributed by atoms with Crippen LogP contribution in [0, 0.1) is 0 Å². The van der Waals surface area contributed by atoms with Crippen LogP contribution in [0.15, 0.2) is 72.8 Å². The van der Waals surface area contributed by atoms with Gasteiger partial charge in [-0.25, -0.2) is 4.98 Å². The van der Waals surface area contributed by atoms with Crippen molar-refractivity contribution in [2.75, 3.05) is 19.8 Å². The van der Waals surface area contributed by atoms with Crippen molar-refractivity contribution < 1.29 is 14.3 Å². The molecule has 4 aromatic rings. The van der Waals surface area contributed by atoms with Crippen LogP contribution in [0.1, 0.15) is 12.5 Å². The molecule has 4 rings (SSSR count). The summed E-state index contributed by atoms with van der Waals surface area (Å²) in [4.78, 5) is 20.1. The molecule has 6 heteroatoms. The van der Waals surface area contributed by atoms with E-state index in [2.05, 4.69) is 15.3 Å². The van der Waals surface area contributed by atoms with Crippen LogP contribution < -0.4 is 14.8 Å². The number of aromatic nitrogens is 2. The minimum absolute atomic E-state index is 0.0706. The van der Waals surface area contributed by atoms with Gasteiger partial charge in [0.05, 0.1) is 17.6 Å². The van der Waals surface area contributed by atoms with E-state index in [0.29, 0.717) is 24.7 Å². The normalized spacial score (nSPS) is 10.7. The van der Waals surface area contributed by atoms with Crippen LogP contribution in [0.3, 0.4) is 0 Å². The zero-order valence-corrected chi connectivity index (χ0v) is 17.4. The number of imidazole rings is 1. The molecule has 1 aromatic heterocycles. The number of hydrogen-bond acceptors (Lipinski definition) is 4. The lowest BCUT2D eigenvalue weighted by atomic mass is 10.1. The average molecular weight is 415 g/mol. The van der Waals surface area contributed by atoms with Crippen LogP contribution >= 0.6 is 0 Å². The Morgan fingerprint density at radius 3 is 2.58 bits per heavy atom. The highest BCUT2D eigenvalue weighted by Crippen LogP contribution is 2.32. The molecular formula is C25H25N3O3. The van der Waals surface area contributed by atoms with E-state index in [1.54, 1.807) is 0 Å². The van der Waals surface area contributed by atoms with Crippen LogP contribution in [-0.2, 0) is 11.2 Å². The first kappa shape index (κ1) is 20.5. The Morgan fingerprint density at radius 2 is 1.77 bits per heavy atom. The van der Waals surface area contributed by atoms with Crippen LogP contribution in [0.25, 0.3) is 22.4 Å². The minimum Gasteiger partial charge on any atom is -0.490 e. The highest BCUT2D eigenvalue weighted by Gasteiger charge is 2.12. The van der Waals surface area contributed by atoms with Gasteiger partial charge in [0.15, 0.2) is 18.1 Å². The molecule has 0 saturated heterocycles. The summed E-state index contributed by atoms with van der Waals surface area (Å²) in [5.41, 5.74) is 3.95. The Hall–Kier alpha value is -3.80. The van der Waals surface area contributed by atoms with E-state index >= 15 is 0 Å². The number of amides is 1. The van der Waals surface area contributed by atoms with Gasteiger partial charge >= 0.3 is 0 Å². The van der Waals surface area contributed by atoms with Crippen molar-refractivity contribution in [3.8, 4) is 22.9 Å². The van der Waals surface area contributed by atoms with Crippen LogP contribution in [-0.4, -0.2) is 35.6 Å². The number of H-pyrrole nitrogens is 1. The number of hydrogen-bond donors (Lipinski definition) is 2. The highest BCUT2D eigenvalue weighted by molar-refractivity contribution is 5.80. The van der Waals surface area contributed by atoms with Crippen LogP contribution in [0.2, 0.25) is 0 Å². The number of carbonyl (C=O) groups excluding carboxylic acids is 1. The Bertz CT molecular complexity index is 1120. The molecule has 0 atom stereocenters. The van der Waals surface area contributed by atoms with Crippen molar-refractivity contribution in [1.29, 1.82) is 0 Å². The predicted octanol–water partition coefficient (Wildman–Crippen LogP) is 4.37. The lowest BCUT2D eigenvalue weighted by Gasteiger charge is -2.13. The van der Waals surface area contributed by atoms with Crippen molar-refractivity contribution >= 4 is 16.9 Å². The van der Waals surface area contributed by atoms with Crippen molar-refractivity contribution in [1.82, 2.24) is 15.3 Å². The molecule has 1 heterocycles. The smallest absolute Gasteiger partial charge is 0.257 e. The van der Waals surface area contributed by atoms with Gasteiger partial charge in [0, 0.05) is 12.1 Å². The molecule has 3 aromatic carbocycles. The molecular weight excluding hydrogens is 390 g/mol. The fourth-order valence-electron chi connectivity index (χ4n) is 3.32. The molecule has 0 fully saturated rings. The summed E-state index contributed by atoms with van der Waals surface area (Å²) in [6.45, 7) is 2.89. The zero-order valence-electron chi connectivity index (χ0n) is 17.4. The highest BCUT2D eigenvalue weighted by atomic mass is 16.5. The van der Waals surface area contributed by atoms with Gasteiger partial charge in [0.25, 0.3) is 5.91 Å². The first-order valence-electron chi connectivity index (χ1n) is 10.4. The first-order chi connectivity index (χ1) is 15.2. The Balaban J connectivity index is 1.39. The molecule has 0 radical (unpaired) electrons. The van der Waals surface area contributed by atoms with E-state index in [-0.39, 0.29) is 12.5 Å². The maximum absolute atomic E-state index is 12.2. The second-order valence-corrected chi connectivity index (χ2v) is 7.07. The van der Waals surface area contributed by atoms with Gasteiger partial charge in [-0.3, -0.25) is 4.79 Å². The molecule has 0 unspecified atom stereocenters. The van der Waals surface area contributed by atoms with E-state index in [0.717, 1.165) is 28.8 Å². The quantitative estimate of drug-likeness (QED) is 0.426. The number of rotatable bonds is 9. The fourth-order valence-corrected chi connectivity index (χ4v) is 3.32. The molecule has 0 aliphatic rings. The minimum atomic E-state index is -0.167. The molecule has 31 heavy (non-hydrogen) atoms. The van der Waals surface area contributed by atoms with E-state index in [9.17, 15) is 4.79 Å². The lowest BCUT2D eigenvalue weighted by Crippen LogP contribution is -2.30. The van der Waals surface area contributed by atoms with Crippen molar-refractivity contribution in [3.05, 3.63) is 78.4 Å². The van der Waals surface area contributed by atoms with Crippen molar-refractivity contribution in [2.45, 2.75) is 13.3 Å². The number of nitrogens with one attached hydrogen (secondary N) is 2. The van der Waals surface area contributed by atoms with Gasteiger partial charge in [-0.05, 0) is 49.2 Å². The summed E-state index contributed by atoms with van der Waals surface area (Å²) in [6.07, 6.45) is 0.781. The lowest BCUT2D eigenvalue weighted by molar-refractivity contribution is -0.123. The number of carbonyl (C=O) groups is 1. The fraction of sp³-hybridized carbons (Fsp3) is 0.200. The third kappa shape index (κ3) is 5.22. The standard InChI is InChI=1S/C25H25N3O3/c1-2-30-23-16-19(25-27-20-10-6-7-11-21(20)28-25)12-13-22(23)31-17-24(29)26-15-14-18-8-4-3-5-9-18/h3-13,16H,2,14-15,17H2,1H3,(H,26,29)(H,27,28). The average Bonchev–Trinajstić information content (AvgIpc) is 3.23. The summed E-state index contributed by atoms with van der Waals surface area (Å²) >= 11 is 0. The third-order valence-electron chi connectivity index (χ3n) is 4.84. The van der Waals surface area contributed by atoms with E-state index in [1.165, 1.54) is 5.56 Å². The van der Waals surface area contributed by atoms with Gasteiger partial charge < -0.3 is 19.8 Å². The molecule has 0 saturated carbocycles. The SMILES string of the molecule is CCOc1cc(-c2nc3ccccc3[nH]2)ccc1OCC(=O)NCCc1ccccc1. The predicted molar refractivity (Wildman–Crippen MR) is 121 cm³/mol. The summed E-state index contributed by atoms with van der Waals surface area (Å²) in [5.74, 6) is 1.70. The maximum atomic E-state index is 12.2. The monoisotopic (exact) mass is 415 g/mol. The second-order valence-electron chi connectivity index (χ2n) is 7.07. The number of para-hydroxylation sites is 2. The summed E-state index contributed by atoms with van der Waals surface area (Å²) < 4.78 is 11.5. The van der Waals surface area contributed by atoms with E-state index < -0.39 is 0 Å². The van der Waals surface area contributed by atoms with E-state index in [4.69, 9.17) is 9.47 Å². The Morgan fingerprint density at radius 1 is 0.968 bits per heavy atom. The van der Waals surface area contributed by atoms with Crippen LogP contribution in [0.4, 0.5) is 0 Å². The topological polar surface area (TPSA) is 76.2 Å². The number of fused-ring (bicyclic) bond motifs is 1. The molecule has 2 N–H and O–H groups in total. The summed E-state index contributed by atoms with van der Waals surface area (Å²) in [6, 6.07) is 23.5. The molecule has 158 valence electrons. The number of aromatic amines is 1. The van der Waals surface area contributed by atoms with Gasteiger partial charge in [0.2, 0.25) is 0 Å². The van der Waals surface area contributed by atoms with Crippen molar-refractivity contribution in [2.24, 2.45) is 0 Å². The maximum Gasteiger partial charge on any atom is 0.257 e. The number of benzene rings is 3. The molecule has 0 spiro atoms. The number of ether oxygens (including phenoxy) is 2. The Kier molecular flexibility index (Phi) is 6.47. The van der Waals surface area contributed by atoms with Gasteiger partial charge in [0.1, 0.15) is 5.82 Å². The molecule has 0 bridgehead atoms. The third-order valence-corrected chi connectivity index (χ3v) is 4.84. The van der Waals surface area contributed by atoms with Crippen molar-refractivity contribution in [3.63, 3.8) is 0 Å². The summed E-state index contributed by atoms with van der Waals surface area (Å²) in [7, 11) is 0. The van der Waals surface area contributed by atoms with Gasteiger partial charge in [-0.1, -0.05) is 42.5 Å². The van der Waals surface area contributed by atoms with Crippen LogP contribution in [0.5, 0.6) is 11.5 Å². The zero-order chi connectivity index (χ0) is 21.5. The largest absolute Gasteiger partial charge is 0.490 e. The second kappa shape index (κ2) is 9.80. The summed E-state index contributed by atoms with van der Waals surface area (Å²) in [5, 5.41) is 2.89. The molecule has 6 nitrogen and oxygen atoms in total. The molecule has 0 aliphatic heterocycles. The number of nitrogens with zero attached hydrogens (tertiary/aromatic N) is 1. The molecule has 0 aliphatic carbocycles. The van der Waals surface area contributed by atoms with E-state index in [1.807, 2.05) is 79.7 Å². The van der Waals surface area contributed by atoms with Gasteiger partial charge in [-0.2, -0.15) is 0 Å². The Labute approximate surface area is 181 Å². The molecule has 1 amide bonds. The first-order valence-corrected chi connectivity index (χ1v) is 10.4.